The first-order chi connectivity index (χ1) is 15.0. The number of nitrogens with zero attached hydrogens (tertiary/aromatic N) is 3. The fraction of sp³-hybridized carbons (Fsp3) is 0.261. The number of halogens is 1. The average Bonchev–Trinajstić information content (AvgIpc) is 3.26. The molecular formula is C23H23ClN4OS2. The summed E-state index contributed by atoms with van der Waals surface area (Å²) in [4.78, 5) is 8.03. The normalized spacial score (nSPS) is 16.6. The Morgan fingerprint density at radius 2 is 1.87 bits per heavy atom. The first-order valence-corrected chi connectivity index (χ1v) is 12.1. The first-order valence-electron chi connectivity index (χ1n) is 10.0. The predicted molar refractivity (Wildman–Crippen MR) is 131 cm³/mol. The maximum Gasteiger partial charge on any atom is 0.258 e. The van der Waals surface area contributed by atoms with Gasteiger partial charge in [-0.05, 0) is 73.8 Å². The van der Waals surface area contributed by atoms with Crippen LogP contribution in [0.4, 0.5) is 0 Å². The van der Waals surface area contributed by atoms with E-state index in [0.29, 0.717) is 21.9 Å². The Morgan fingerprint density at radius 1 is 1.16 bits per heavy atom. The lowest BCUT2D eigenvalue weighted by Gasteiger charge is -2.37. The Hall–Kier alpha value is -2.35. The van der Waals surface area contributed by atoms with Crippen LogP contribution in [0.3, 0.4) is 0 Å². The molecular weight excluding hydrogens is 448 g/mol. The van der Waals surface area contributed by atoms with Crippen molar-refractivity contribution in [3.05, 3.63) is 70.7 Å². The van der Waals surface area contributed by atoms with Crippen molar-refractivity contribution in [2.45, 2.75) is 31.2 Å². The maximum absolute atomic E-state index is 6.01. The number of allylic oxidation sites excluding steroid dienone is 1. The molecule has 5 nitrogen and oxygen atoms in total. The molecule has 0 saturated carbocycles. The molecule has 0 saturated heterocycles. The summed E-state index contributed by atoms with van der Waals surface area (Å²) in [6.07, 6.45) is 3.04. The van der Waals surface area contributed by atoms with Gasteiger partial charge in [-0.3, -0.25) is 0 Å². The van der Waals surface area contributed by atoms with Gasteiger partial charge in [-0.1, -0.05) is 35.8 Å². The van der Waals surface area contributed by atoms with E-state index < -0.39 is 0 Å². The fourth-order valence-corrected chi connectivity index (χ4v) is 4.53. The molecule has 1 aliphatic heterocycles. The third-order valence-corrected chi connectivity index (χ3v) is 6.59. The number of hydrogen-bond acceptors (Lipinski definition) is 5. The average molecular weight is 471 g/mol. The molecule has 1 N–H and O–H groups in total. The van der Waals surface area contributed by atoms with Crippen LogP contribution in [0.25, 0.3) is 17.0 Å². The second kappa shape index (κ2) is 9.42. The van der Waals surface area contributed by atoms with Gasteiger partial charge in [-0.25, -0.2) is 0 Å². The standard InChI is InChI=1S/C23H23ClN4OS2/c1-4-13-28-14(2)19(20(25-23(28)30)15-7-11-18(31-3)12-8-15)22-26-21(27-29-22)16-5-9-17(24)10-6-16/h5-12,20H,4,13H2,1-3H3,(H,25,30). The maximum atomic E-state index is 6.01. The molecule has 0 aliphatic carbocycles. The van der Waals surface area contributed by atoms with Crippen molar-refractivity contribution in [2.75, 3.05) is 12.8 Å². The van der Waals surface area contributed by atoms with Gasteiger partial charge in [-0.2, -0.15) is 4.98 Å². The molecule has 31 heavy (non-hydrogen) atoms. The minimum Gasteiger partial charge on any atom is -0.351 e. The van der Waals surface area contributed by atoms with Crippen molar-refractivity contribution < 1.29 is 4.52 Å². The van der Waals surface area contributed by atoms with Gasteiger partial charge in [0.25, 0.3) is 5.89 Å². The van der Waals surface area contributed by atoms with Gasteiger partial charge in [0.1, 0.15) is 0 Å². The van der Waals surface area contributed by atoms with Crippen LogP contribution in [0.1, 0.15) is 37.8 Å². The summed E-state index contributed by atoms with van der Waals surface area (Å²) >= 11 is 13.4. The summed E-state index contributed by atoms with van der Waals surface area (Å²) in [6.45, 7) is 5.01. The largest absolute Gasteiger partial charge is 0.351 e. The Balaban J connectivity index is 1.79. The van der Waals surface area contributed by atoms with Crippen LogP contribution < -0.4 is 5.32 Å². The molecule has 2 aromatic carbocycles. The lowest BCUT2D eigenvalue weighted by Crippen LogP contribution is -2.46. The van der Waals surface area contributed by atoms with E-state index in [9.17, 15) is 0 Å². The van der Waals surface area contributed by atoms with Crippen molar-refractivity contribution in [3.63, 3.8) is 0 Å². The van der Waals surface area contributed by atoms with E-state index in [0.717, 1.165) is 35.4 Å². The molecule has 1 atom stereocenters. The van der Waals surface area contributed by atoms with Crippen LogP contribution in [0, 0.1) is 0 Å². The Morgan fingerprint density at radius 3 is 2.52 bits per heavy atom. The molecule has 1 aliphatic rings. The van der Waals surface area contributed by atoms with Crippen molar-refractivity contribution in [1.29, 1.82) is 0 Å². The lowest BCUT2D eigenvalue weighted by atomic mass is 9.95. The summed E-state index contributed by atoms with van der Waals surface area (Å²) in [5.41, 5.74) is 3.91. The zero-order chi connectivity index (χ0) is 22.0. The van der Waals surface area contributed by atoms with E-state index >= 15 is 0 Å². The van der Waals surface area contributed by atoms with E-state index in [-0.39, 0.29) is 6.04 Å². The van der Waals surface area contributed by atoms with Crippen LogP contribution in [-0.2, 0) is 0 Å². The van der Waals surface area contributed by atoms with Crippen molar-refractivity contribution >= 4 is 46.3 Å². The second-order valence-electron chi connectivity index (χ2n) is 7.24. The molecule has 0 amide bonds. The highest BCUT2D eigenvalue weighted by molar-refractivity contribution is 7.98. The molecule has 160 valence electrons. The molecule has 1 unspecified atom stereocenters. The van der Waals surface area contributed by atoms with Crippen LogP contribution >= 0.6 is 35.6 Å². The van der Waals surface area contributed by atoms with E-state index in [1.54, 1.807) is 11.8 Å². The quantitative estimate of drug-likeness (QED) is 0.340. The minimum absolute atomic E-state index is 0.171. The summed E-state index contributed by atoms with van der Waals surface area (Å²) in [5, 5.41) is 9.09. The zero-order valence-electron chi connectivity index (χ0n) is 17.6. The fourth-order valence-electron chi connectivity index (χ4n) is 3.65. The molecule has 0 fully saturated rings. The molecule has 0 bridgehead atoms. The van der Waals surface area contributed by atoms with Gasteiger partial charge in [0.05, 0.1) is 11.6 Å². The highest BCUT2D eigenvalue weighted by Crippen LogP contribution is 2.38. The molecule has 0 spiro atoms. The van der Waals surface area contributed by atoms with Gasteiger partial charge >= 0.3 is 0 Å². The van der Waals surface area contributed by atoms with Crippen molar-refractivity contribution in [1.82, 2.24) is 20.4 Å². The number of thiocarbonyl (C=S) groups is 1. The number of benzene rings is 2. The van der Waals surface area contributed by atoms with E-state index in [1.807, 2.05) is 24.3 Å². The van der Waals surface area contributed by atoms with E-state index in [4.69, 9.17) is 33.3 Å². The molecule has 0 radical (unpaired) electrons. The third kappa shape index (κ3) is 4.49. The number of hydrogen-bond donors (Lipinski definition) is 1. The second-order valence-corrected chi connectivity index (χ2v) is 8.94. The van der Waals surface area contributed by atoms with Crippen molar-refractivity contribution in [2.24, 2.45) is 0 Å². The number of thioether (sulfide) groups is 1. The molecule has 4 rings (SSSR count). The zero-order valence-corrected chi connectivity index (χ0v) is 19.9. The minimum atomic E-state index is -0.171. The van der Waals surface area contributed by atoms with Gasteiger partial charge in [-0.15, -0.1) is 11.8 Å². The number of aromatic nitrogens is 2. The SMILES string of the molecule is CCCN1C(=S)NC(c2ccc(SC)cc2)C(c2nc(-c3ccc(Cl)cc3)no2)=C1C. The van der Waals surface area contributed by atoms with Gasteiger partial charge in [0.15, 0.2) is 5.11 Å². The predicted octanol–water partition coefficient (Wildman–Crippen LogP) is 6.18. The Bertz CT molecular complexity index is 1110. The Kier molecular flexibility index (Phi) is 6.65. The molecule has 8 heteroatoms. The van der Waals surface area contributed by atoms with Gasteiger partial charge in [0, 0.05) is 27.7 Å². The van der Waals surface area contributed by atoms with Gasteiger partial charge < -0.3 is 14.7 Å². The van der Waals surface area contributed by atoms with E-state index in [2.05, 4.69) is 59.7 Å². The van der Waals surface area contributed by atoms with E-state index in [1.165, 1.54) is 4.90 Å². The van der Waals surface area contributed by atoms with Gasteiger partial charge in [0.2, 0.25) is 5.82 Å². The lowest BCUT2D eigenvalue weighted by molar-refractivity contribution is 0.396. The molecule has 1 aromatic heterocycles. The smallest absolute Gasteiger partial charge is 0.258 e. The number of nitrogens with one attached hydrogen (secondary N) is 1. The monoisotopic (exact) mass is 470 g/mol. The summed E-state index contributed by atoms with van der Waals surface area (Å²) in [6, 6.07) is 15.7. The summed E-state index contributed by atoms with van der Waals surface area (Å²) in [5.74, 6) is 1.01. The van der Waals surface area contributed by atoms with Crippen LogP contribution in [-0.4, -0.2) is 33.0 Å². The molecule has 2 heterocycles. The molecule has 3 aromatic rings. The Labute approximate surface area is 196 Å². The third-order valence-electron chi connectivity index (χ3n) is 5.25. The van der Waals surface area contributed by atoms with Crippen molar-refractivity contribution in [3.8, 4) is 11.4 Å². The van der Waals surface area contributed by atoms with Crippen LogP contribution in [0.5, 0.6) is 0 Å². The van der Waals surface area contributed by atoms with Crippen LogP contribution in [0.2, 0.25) is 5.02 Å². The first kappa shape index (κ1) is 21.9. The topological polar surface area (TPSA) is 54.2 Å². The summed E-state index contributed by atoms with van der Waals surface area (Å²) < 4.78 is 5.75. The summed E-state index contributed by atoms with van der Waals surface area (Å²) in [7, 11) is 0. The highest BCUT2D eigenvalue weighted by Gasteiger charge is 2.33. The van der Waals surface area contributed by atoms with Crippen LogP contribution in [0.15, 0.2) is 63.6 Å². The number of rotatable bonds is 6. The highest BCUT2D eigenvalue weighted by atomic mass is 35.5.